The van der Waals surface area contributed by atoms with Crippen LogP contribution in [0.1, 0.15) is 37.3 Å². The van der Waals surface area contributed by atoms with Crippen molar-refractivity contribution in [2.75, 3.05) is 0 Å². The van der Waals surface area contributed by atoms with Crippen LogP contribution in [-0.2, 0) is 0 Å². The van der Waals surface area contributed by atoms with E-state index in [0.717, 1.165) is 17.9 Å². The number of para-hydroxylation sites is 1. The van der Waals surface area contributed by atoms with Gasteiger partial charge in [0.1, 0.15) is 11.5 Å². The van der Waals surface area contributed by atoms with Crippen LogP contribution in [0.25, 0.3) is 0 Å². The van der Waals surface area contributed by atoms with Gasteiger partial charge in [0.25, 0.3) is 0 Å². The average molecular weight is 240 g/mol. The lowest BCUT2D eigenvalue weighted by molar-refractivity contribution is 0.477. The highest BCUT2D eigenvalue weighted by Crippen LogP contribution is 2.31. The summed E-state index contributed by atoms with van der Waals surface area (Å²) in [5.41, 5.74) is 2.63. The Hall–Kier alpha value is -1.76. The summed E-state index contributed by atoms with van der Waals surface area (Å²) in [6.45, 7) is 6.61. The van der Waals surface area contributed by atoms with E-state index in [0.29, 0.717) is 5.92 Å². The van der Waals surface area contributed by atoms with Crippen LogP contribution in [0, 0.1) is 6.92 Å². The van der Waals surface area contributed by atoms with Crippen LogP contribution in [0.5, 0.6) is 11.5 Å². The van der Waals surface area contributed by atoms with Crippen molar-refractivity contribution in [3.05, 3.63) is 59.7 Å². The van der Waals surface area contributed by atoms with Crippen LogP contribution in [0.15, 0.2) is 48.5 Å². The first-order chi connectivity index (χ1) is 8.72. The smallest absolute Gasteiger partial charge is 0.130 e. The molecule has 0 aliphatic rings. The second-order valence-electron chi connectivity index (χ2n) is 4.69. The van der Waals surface area contributed by atoms with Gasteiger partial charge in [0.2, 0.25) is 0 Å². The quantitative estimate of drug-likeness (QED) is 0.704. The number of hydrogen-bond donors (Lipinski definition) is 0. The molecule has 0 fully saturated rings. The summed E-state index contributed by atoms with van der Waals surface area (Å²) in [5.74, 6) is 2.42. The standard InChI is InChI=1S/C17H20O/c1-4-13(2)16-11-8-12-17(14(16)3)18-15-9-6-5-7-10-15/h5-13H,4H2,1-3H3/t13-/m1/s1. The van der Waals surface area contributed by atoms with Crippen molar-refractivity contribution in [2.24, 2.45) is 0 Å². The van der Waals surface area contributed by atoms with Gasteiger partial charge in [0.05, 0.1) is 0 Å². The van der Waals surface area contributed by atoms with Crippen molar-refractivity contribution in [1.82, 2.24) is 0 Å². The van der Waals surface area contributed by atoms with Crippen LogP contribution < -0.4 is 4.74 Å². The third-order valence-electron chi connectivity index (χ3n) is 3.44. The van der Waals surface area contributed by atoms with Crippen molar-refractivity contribution in [3.8, 4) is 11.5 Å². The van der Waals surface area contributed by atoms with Crippen molar-refractivity contribution in [2.45, 2.75) is 33.1 Å². The maximum atomic E-state index is 5.94. The van der Waals surface area contributed by atoms with Crippen LogP contribution in [0.2, 0.25) is 0 Å². The van der Waals surface area contributed by atoms with E-state index in [9.17, 15) is 0 Å². The SMILES string of the molecule is CC[C@@H](C)c1cccc(Oc2ccccc2)c1C. The summed E-state index contributed by atoms with van der Waals surface area (Å²) in [7, 11) is 0. The minimum Gasteiger partial charge on any atom is -0.457 e. The van der Waals surface area contributed by atoms with Crippen LogP contribution in [-0.4, -0.2) is 0 Å². The van der Waals surface area contributed by atoms with Crippen molar-refractivity contribution in [1.29, 1.82) is 0 Å². The Bertz CT molecular complexity index is 502. The number of hydrogen-bond acceptors (Lipinski definition) is 1. The molecule has 1 heteroatoms. The Morgan fingerprint density at radius 1 is 1.00 bits per heavy atom. The Morgan fingerprint density at radius 3 is 2.39 bits per heavy atom. The number of benzene rings is 2. The molecule has 2 aromatic rings. The molecule has 2 rings (SSSR count). The first kappa shape index (κ1) is 12.7. The van der Waals surface area contributed by atoms with E-state index in [2.05, 4.69) is 32.9 Å². The van der Waals surface area contributed by atoms with Gasteiger partial charge in [0, 0.05) is 0 Å². The molecule has 0 bridgehead atoms. The summed E-state index contributed by atoms with van der Waals surface area (Å²) in [4.78, 5) is 0. The van der Waals surface area contributed by atoms with Gasteiger partial charge in [-0.25, -0.2) is 0 Å². The van der Waals surface area contributed by atoms with E-state index in [4.69, 9.17) is 4.74 Å². The summed E-state index contributed by atoms with van der Waals surface area (Å²) in [5, 5.41) is 0. The summed E-state index contributed by atoms with van der Waals surface area (Å²) >= 11 is 0. The second kappa shape index (κ2) is 5.72. The molecule has 0 unspecified atom stereocenters. The monoisotopic (exact) mass is 240 g/mol. The fourth-order valence-electron chi connectivity index (χ4n) is 2.11. The van der Waals surface area contributed by atoms with Gasteiger partial charge in [0.15, 0.2) is 0 Å². The molecule has 0 N–H and O–H groups in total. The van der Waals surface area contributed by atoms with Crippen molar-refractivity contribution >= 4 is 0 Å². The van der Waals surface area contributed by atoms with Gasteiger partial charge in [-0.15, -0.1) is 0 Å². The minimum absolute atomic E-state index is 0.573. The molecule has 2 aromatic carbocycles. The Kier molecular flexibility index (Phi) is 4.03. The lowest BCUT2D eigenvalue weighted by Crippen LogP contribution is -1.97. The molecule has 0 spiro atoms. The lowest BCUT2D eigenvalue weighted by atomic mass is 9.94. The zero-order valence-corrected chi connectivity index (χ0v) is 11.3. The van der Waals surface area contributed by atoms with E-state index in [1.165, 1.54) is 11.1 Å². The molecule has 0 heterocycles. The molecule has 0 aliphatic heterocycles. The van der Waals surface area contributed by atoms with Gasteiger partial charge < -0.3 is 4.74 Å². The average Bonchev–Trinajstić information content (AvgIpc) is 2.41. The summed E-state index contributed by atoms with van der Waals surface area (Å²) in [6.07, 6.45) is 1.15. The van der Waals surface area contributed by atoms with Gasteiger partial charge in [-0.2, -0.15) is 0 Å². The van der Waals surface area contributed by atoms with Crippen LogP contribution >= 0.6 is 0 Å². The predicted octanol–water partition coefficient (Wildman–Crippen LogP) is 5.30. The maximum Gasteiger partial charge on any atom is 0.130 e. The Labute approximate surface area is 109 Å². The van der Waals surface area contributed by atoms with E-state index in [-0.39, 0.29) is 0 Å². The Morgan fingerprint density at radius 2 is 1.72 bits per heavy atom. The molecule has 0 aliphatic carbocycles. The minimum atomic E-state index is 0.573. The molecule has 0 saturated carbocycles. The highest BCUT2D eigenvalue weighted by atomic mass is 16.5. The molecule has 0 radical (unpaired) electrons. The number of ether oxygens (including phenoxy) is 1. The lowest BCUT2D eigenvalue weighted by Gasteiger charge is -2.16. The molecule has 0 amide bonds. The van der Waals surface area contributed by atoms with Crippen LogP contribution in [0.4, 0.5) is 0 Å². The van der Waals surface area contributed by atoms with Gasteiger partial charge in [-0.3, -0.25) is 0 Å². The molecule has 0 aromatic heterocycles. The Balaban J connectivity index is 2.29. The van der Waals surface area contributed by atoms with E-state index in [1.807, 2.05) is 36.4 Å². The molecule has 0 saturated heterocycles. The third-order valence-corrected chi connectivity index (χ3v) is 3.44. The zero-order chi connectivity index (χ0) is 13.0. The fraction of sp³-hybridized carbons (Fsp3) is 0.294. The van der Waals surface area contributed by atoms with E-state index < -0.39 is 0 Å². The summed E-state index contributed by atoms with van der Waals surface area (Å²) < 4.78 is 5.94. The molecule has 94 valence electrons. The largest absolute Gasteiger partial charge is 0.457 e. The van der Waals surface area contributed by atoms with Crippen molar-refractivity contribution in [3.63, 3.8) is 0 Å². The molecule has 18 heavy (non-hydrogen) atoms. The van der Waals surface area contributed by atoms with E-state index in [1.54, 1.807) is 0 Å². The highest BCUT2D eigenvalue weighted by molar-refractivity contribution is 5.43. The van der Waals surface area contributed by atoms with Crippen molar-refractivity contribution < 1.29 is 4.74 Å². The first-order valence-corrected chi connectivity index (χ1v) is 6.54. The van der Waals surface area contributed by atoms with Gasteiger partial charge in [-0.1, -0.05) is 44.2 Å². The predicted molar refractivity (Wildman–Crippen MR) is 76.4 cm³/mol. The normalized spacial score (nSPS) is 12.2. The molecular weight excluding hydrogens is 220 g/mol. The first-order valence-electron chi connectivity index (χ1n) is 6.54. The third kappa shape index (κ3) is 2.73. The van der Waals surface area contributed by atoms with Gasteiger partial charge >= 0.3 is 0 Å². The molecular formula is C17H20O. The maximum absolute atomic E-state index is 5.94. The topological polar surface area (TPSA) is 9.23 Å². The summed E-state index contributed by atoms with van der Waals surface area (Å²) in [6, 6.07) is 16.2. The van der Waals surface area contributed by atoms with Crippen LogP contribution in [0.3, 0.4) is 0 Å². The van der Waals surface area contributed by atoms with Gasteiger partial charge in [-0.05, 0) is 48.6 Å². The number of rotatable bonds is 4. The van der Waals surface area contributed by atoms with E-state index >= 15 is 0 Å². The zero-order valence-electron chi connectivity index (χ0n) is 11.3. The molecule has 1 nitrogen and oxygen atoms in total. The fourth-order valence-corrected chi connectivity index (χ4v) is 2.11. The second-order valence-corrected chi connectivity index (χ2v) is 4.69. The molecule has 1 atom stereocenters. The highest BCUT2D eigenvalue weighted by Gasteiger charge is 2.10.